The Labute approximate surface area is 116 Å². The molecule has 5 nitrogen and oxygen atoms in total. The van der Waals surface area contributed by atoms with Crippen LogP contribution in [0.3, 0.4) is 0 Å². The Kier molecular flexibility index (Phi) is 4.31. The van der Waals surface area contributed by atoms with Gasteiger partial charge in [0, 0.05) is 24.4 Å². The normalized spacial score (nSPS) is 10.7. The van der Waals surface area contributed by atoms with Gasteiger partial charge in [0.15, 0.2) is 0 Å². The predicted molar refractivity (Wildman–Crippen MR) is 76.4 cm³/mol. The molecule has 0 bridgehead atoms. The molecule has 0 aliphatic heterocycles. The SMILES string of the molecule is Cc1nnc(NC(=O)CCCn2c(C)ccc2C)s1. The van der Waals surface area contributed by atoms with Gasteiger partial charge >= 0.3 is 0 Å². The van der Waals surface area contributed by atoms with Crippen LogP contribution in [0.25, 0.3) is 0 Å². The van der Waals surface area contributed by atoms with Crippen molar-refractivity contribution in [2.75, 3.05) is 5.32 Å². The average molecular weight is 278 g/mol. The van der Waals surface area contributed by atoms with E-state index in [0.717, 1.165) is 18.0 Å². The average Bonchev–Trinajstić information content (AvgIpc) is 2.89. The summed E-state index contributed by atoms with van der Waals surface area (Å²) in [6.07, 6.45) is 1.32. The molecule has 2 heterocycles. The molecule has 2 rings (SSSR count). The van der Waals surface area contributed by atoms with Crippen LogP contribution in [-0.4, -0.2) is 20.7 Å². The number of anilines is 1. The van der Waals surface area contributed by atoms with Crippen molar-refractivity contribution in [1.29, 1.82) is 0 Å². The second-order valence-corrected chi connectivity index (χ2v) is 5.73. The number of hydrogen-bond donors (Lipinski definition) is 1. The number of carbonyl (C=O) groups is 1. The number of amides is 1. The van der Waals surface area contributed by atoms with Crippen molar-refractivity contribution < 1.29 is 4.79 Å². The summed E-state index contributed by atoms with van der Waals surface area (Å²) in [6, 6.07) is 4.19. The molecule has 6 heteroatoms. The Bertz CT molecular complexity index is 553. The van der Waals surface area contributed by atoms with Crippen molar-refractivity contribution in [1.82, 2.24) is 14.8 Å². The van der Waals surface area contributed by atoms with Gasteiger partial charge in [0.1, 0.15) is 5.01 Å². The fourth-order valence-corrected chi connectivity index (χ4v) is 2.59. The minimum Gasteiger partial charge on any atom is -0.349 e. The minimum atomic E-state index is -0.00128. The highest BCUT2D eigenvalue weighted by molar-refractivity contribution is 7.15. The Morgan fingerprint density at radius 3 is 2.53 bits per heavy atom. The molecule has 0 spiro atoms. The number of hydrogen-bond acceptors (Lipinski definition) is 4. The van der Waals surface area contributed by atoms with Crippen LogP contribution >= 0.6 is 11.3 Å². The molecule has 102 valence electrons. The van der Waals surface area contributed by atoms with Crippen molar-refractivity contribution >= 4 is 22.4 Å². The molecular weight excluding hydrogens is 260 g/mol. The molecule has 19 heavy (non-hydrogen) atoms. The van der Waals surface area contributed by atoms with Crippen molar-refractivity contribution in [2.45, 2.75) is 40.2 Å². The van der Waals surface area contributed by atoms with E-state index in [1.807, 2.05) is 6.92 Å². The predicted octanol–water partition coefficient (Wildman–Crippen LogP) is 2.68. The molecule has 2 aromatic rings. The Balaban J connectivity index is 1.78. The van der Waals surface area contributed by atoms with Crippen molar-refractivity contribution in [3.63, 3.8) is 0 Å². The summed E-state index contributed by atoms with van der Waals surface area (Å²) in [4.78, 5) is 11.7. The molecule has 0 aliphatic rings. The summed E-state index contributed by atoms with van der Waals surface area (Å²) < 4.78 is 2.22. The van der Waals surface area contributed by atoms with Gasteiger partial charge in [-0.05, 0) is 39.3 Å². The molecule has 0 saturated heterocycles. The van der Waals surface area contributed by atoms with E-state index in [-0.39, 0.29) is 5.91 Å². The number of aromatic nitrogens is 3. The van der Waals surface area contributed by atoms with Crippen molar-refractivity contribution in [2.24, 2.45) is 0 Å². The summed E-state index contributed by atoms with van der Waals surface area (Å²) in [5.41, 5.74) is 2.47. The van der Waals surface area contributed by atoms with E-state index in [4.69, 9.17) is 0 Å². The van der Waals surface area contributed by atoms with Gasteiger partial charge in [0.2, 0.25) is 11.0 Å². The van der Waals surface area contributed by atoms with Gasteiger partial charge in [-0.1, -0.05) is 11.3 Å². The van der Waals surface area contributed by atoms with Crippen LogP contribution in [0.15, 0.2) is 12.1 Å². The molecule has 0 radical (unpaired) electrons. The standard InChI is InChI=1S/C13H18N4OS/c1-9-6-7-10(2)17(9)8-4-5-12(18)14-13-16-15-11(3)19-13/h6-7H,4-5,8H2,1-3H3,(H,14,16,18). The lowest BCUT2D eigenvalue weighted by atomic mass is 10.3. The van der Waals surface area contributed by atoms with Crippen LogP contribution in [0, 0.1) is 20.8 Å². The van der Waals surface area contributed by atoms with Crippen LogP contribution in [0.1, 0.15) is 29.2 Å². The smallest absolute Gasteiger partial charge is 0.226 e. The highest BCUT2D eigenvalue weighted by Crippen LogP contribution is 2.14. The second kappa shape index (κ2) is 5.97. The van der Waals surface area contributed by atoms with E-state index in [0.29, 0.717) is 11.6 Å². The maximum Gasteiger partial charge on any atom is 0.226 e. The lowest BCUT2D eigenvalue weighted by molar-refractivity contribution is -0.116. The third-order valence-corrected chi connectivity index (χ3v) is 3.73. The first-order valence-corrected chi connectivity index (χ1v) is 7.10. The van der Waals surface area contributed by atoms with Crippen LogP contribution in [0.2, 0.25) is 0 Å². The number of nitrogens with one attached hydrogen (secondary N) is 1. The van der Waals surface area contributed by atoms with Gasteiger partial charge in [0.25, 0.3) is 0 Å². The Morgan fingerprint density at radius 1 is 1.26 bits per heavy atom. The maximum absolute atomic E-state index is 11.7. The number of rotatable bonds is 5. The number of nitrogens with zero attached hydrogens (tertiary/aromatic N) is 3. The fraction of sp³-hybridized carbons (Fsp3) is 0.462. The van der Waals surface area contributed by atoms with Gasteiger partial charge in [0.05, 0.1) is 0 Å². The molecule has 1 N–H and O–H groups in total. The van der Waals surface area contributed by atoms with E-state index in [9.17, 15) is 4.79 Å². The van der Waals surface area contributed by atoms with E-state index in [2.05, 4.69) is 46.1 Å². The number of aryl methyl sites for hydroxylation is 3. The zero-order chi connectivity index (χ0) is 13.8. The van der Waals surface area contributed by atoms with Gasteiger partial charge in [-0.25, -0.2) is 0 Å². The lowest BCUT2D eigenvalue weighted by Gasteiger charge is -2.08. The number of carbonyl (C=O) groups excluding carboxylic acids is 1. The summed E-state index contributed by atoms with van der Waals surface area (Å²) in [6.45, 7) is 6.90. The molecule has 0 aliphatic carbocycles. The highest BCUT2D eigenvalue weighted by atomic mass is 32.1. The molecular formula is C13H18N4OS. The quantitative estimate of drug-likeness (QED) is 0.914. The lowest BCUT2D eigenvalue weighted by Crippen LogP contribution is -2.12. The van der Waals surface area contributed by atoms with Crippen molar-refractivity contribution in [3.8, 4) is 0 Å². The molecule has 0 unspecified atom stereocenters. The summed E-state index contributed by atoms with van der Waals surface area (Å²) in [7, 11) is 0. The van der Waals surface area contributed by atoms with E-state index < -0.39 is 0 Å². The van der Waals surface area contributed by atoms with Gasteiger partial charge < -0.3 is 9.88 Å². The van der Waals surface area contributed by atoms with Crippen LogP contribution in [0.5, 0.6) is 0 Å². The third-order valence-electron chi connectivity index (χ3n) is 2.98. The zero-order valence-corrected chi connectivity index (χ0v) is 12.3. The van der Waals surface area contributed by atoms with Crippen LogP contribution in [0.4, 0.5) is 5.13 Å². The molecule has 0 aromatic carbocycles. The van der Waals surface area contributed by atoms with Gasteiger partial charge in [-0.15, -0.1) is 10.2 Å². The minimum absolute atomic E-state index is 0.00128. The molecule has 1 amide bonds. The highest BCUT2D eigenvalue weighted by Gasteiger charge is 2.07. The molecule has 0 fully saturated rings. The maximum atomic E-state index is 11.7. The molecule has 0 atom stereocenters. The Morgan fingerprint density at radius 2 is 1.95 bits per heavy atom. The van der Waals surface area contributed by atoms with Crippen LogP contribution in [-0.2, 0) is 11.3 Å². The van der Waals surface area contributed by atoms with E-state index in [1.54, 1.807) is 0 Å². The summed E-state index contributed by atoms with van der Waals surface area (Å²) in [5.74, 6) is -0.00128. The first-order valence-electron chi connectivity index (χ1n) is 6.29. The zero-order valence-electron chi connectivity index (χ0n) is 11.4. The molecule has 2 aromatic heterocycles. The third kappa shape index (κ3) is 3.64. The van der Waals surface area contributed by atoms with Gasteiger partial charge in [-0.2, -0.15) is 0 Å². The van der Waals surface area contributed by atoms with Crippen molar-refractivity contribution in [3.05, 3.63) is 28.5 Å². The fourth-order valence-electron chi connectivity index (χ4n) is 1.98. The monoisotopic (exact) mass is 278 g/mol. The summed E-state index contributed by atoms with van der Waals surface area (Å²) >= 11 is 1.39. The second-order valence-electron chi connectivity index (χ2n) is 4.55. The first kappa shape index (κ1) is 13.7. The van der Waals surface area contributed by atoms with Gasteiger partial charge in [-0.3, -0.25) is 4.79 Å². The van der Waals surface area contributed by atoms with Crippen LogP contribution < -0.4 is 5.32 Å². The molecule has 0 saturated carbocycles. The topological polar surface area (TPSA) is 59.8 Å². The Hall–Kier alpha value is -1.69. The summed E-state index contributed by atoms with van der Waals surface area (Å²) in [5, 5.41) is 11.9. The first-order chi connectivity index (χ1) is 9.06. The van der Waals surface area contributed by atoms with E-state index in [1.165, 1.54) is 22.7 Å². The van der Waals surface area contributed by atoms with E-state index >= 15 is 0 Å². The largest absolute Gasteiger partial charge is 0.349 e.